The fourth-order valence-electron chi connectivity index (χ4n) is 3.71. The lowest BCUT2D eigenvalue weighted by Crippen LogP contribution is -2.50. The van der Waals surface area contributed by atoms with Crippen LogP contribution in [-0.2, 0) is 4.74 Å². The Bertz CT molecular complexity index is 613. The van der Waals surface area contributed by atoms with Gasteiger partial charge in [0.05, 0.1) is 19.3 Å². The minimum absolute atomic E-state index is 0. The number of guanidine groups is 1. The first-order valence-corrected chi connectivity index (χ1v) is 10.9. The van der Waals surface area contributed by atoms with Crippen LogP contribution in [0, 0.1) is 5.82 Å². The van der Waals surface area contributed by atoms with Gasteiger partial charge in [-0.3, -0.25) is 9.89 Å². The van der Waals surface area contributed by atoms with Crippen LogP contribution in [0.4, 0.5) is 4.39 Å². The number of aliphatic imine (C=N–C) groups is 1. The van der Waals surface area contributed by atoms with Gasteiger partial charge in [0, 0.05) is 50.8 Å². The smallest absolute Gasteiger partial charge is 0.193 e. The first-order chi connectivity index (χ1) is 13.2. The van der Waals surface area contributed by atoms with E-state index in [1.165, 1.54) is 6.42 Å². The van der Waals surface area contributed by atoms with Crippen LogP contribution in [0.5, 0.6) is 0 Å². The van der Waals surface area contributed by atoms with Crippen molar-refractivity contribution in [1.29, 1.82) is 0 Å². The largest absolute Gasteiger partial charge is 0.379 e. The van der Waals surface area contributed by atoms with E-state index < -0.39 is 0 Å². The van der Waals surface area contributed by atoms with Gasteiger partial charge in [0.15, 0.2) is 5.96 Å². The molecule has 2 heterocycles. The highest BCUT2D eigenvalue weighted by Gasteiger charge is 2.25. The molecule has 2 fully saturated rings. The molecule has 0 aromatic heterocycles. The maximum atomic E-state index is 13.4. The monoisotopic (exact) mass is 522 g/mol. The molecule has 0 bridgehead atoms. The summed E-state index contributed by atoms with van der Waals surface area (Å²) in [5.74, 6) is 1.91. The van der Waals surface area contributed by atoms with Crippen LogP contribution in [0.3, 0.4) is 0 Å². The van der Waals surface area contributed by atoms with Gasteiger partial charge in [-0.05, 0) is 24.1 Å². The Balaban J connectivity index is 0.00000280. The summed E-state index contributed by atoms with van der Waals surface area (Å²) >= 11 is 2.06. The summed E-state index contributed by atoms with van der Waals surface area (Å²) in [4.78, 5) is 9.31. The molecule has 0 spiro atoms. The lowest BCUT2D eigenvalue weighted by Gasteiger charge is -2.37. The van der Waals surface area contributed by atoms with Crippen molar-refractivity contribution in [3.8, 4) is 0 Å². The third-order valence-electron chi connectivity index (χ3n) is 5.30. The summed E-state index contributed by atoms with van der Waals surface area (Å²) in [5, 5.41) is 4.26. The zero-order valence-electron chi connectivity index (χ0n) is 16.8. The zero-order valence-corrected chi connectivity index (χ0v) is 19.9. The second-order valence-electron chi connectivity index (χ2n) is 6.99. The van der Waals surface area contributed by atoms with Crippen molar-refractivity contribution in [2.24, 2.45) is 4.99 Å². The van der Waals surface area contributed by atoms with Crippen molar-refractivity contribution in [1.82, 2.24) is 15.1 Å². The predicted molar refractivity (Wildman–Crippen MR) is 126 cm³/mol. The summed E-state index contributed by atoms with van der Waals surface area (Å²) in [6.45, 7) is 8.33. The van der Waals surface area contributed by atoms with E-state index in [0.29, 0.717) is 5.25 Å². The Morgan fingerprint density at radius 1 is 1.29 bits per heavy atom. The first-order valence-electron chi connectivity index (χ1n) is 9.85. The number of nitrogens with one attached hydrogen (secondary N) is 1. The van der Waals surface area contributed by atoms with Gasteiger partial charge in [0.1, 0.15) is 5.82 Å². The molecule has 0 amide bonds. The number of halogens is 2. The maximum absolute atomic E-state index is 13.4. The third kappa shape index (κ3) is 6.47. The molecule has 2 saturated heterocycles. The molecule has 1 aromatic carbocycles. The van der Waals surface area contributed by atoms with Gasteiger partial charge in [-0.2, -0.15) is 11.8 Å². The van der Waals surface area contributed by atoms with Crippen molar-refractivity contribution in [2.45, 2.75) is 24.6 Å². The number of nitrogens with zero attached hydrogens (tertiary/aromatic N) is 3. The predicted octanol–water partition coefficient (Wildman–Crippen LogP) is 3.22. The SMILES string of the molecule is CCC1CN(C(=NC)NCC(c2ccc(F)cc2)N2CCOCC2)CCS1.I. The molecule has 2 aliphatic rings. The number of benzene rings is 1. The summed E-state index contributed by atoms with van der Waals surface area (Å²) in [5.41, 5.74) is 1.13. The fourth-order valence-corrected chi connectivity index (χ4v) is 4.89. The normalized spacial score (nSPS) is 22.5. The van der Waals surface area contributed by atoms with Crippen molar-refractivity contribution < 1.29 is 9.13 Å². The van der Waals surface area contributed by atoms with Gasteiger partial charge in [-0.15, -0.1) is 24.0 Å². The lowest BCUT2D eigenvalue weighted by atomic mass is 10.0. The number of hydrogen-bond acceptors (Lipinski definition) is 4. The molecule has 2 atom stereocenters. The highest BCUT2D eigenvalue weighted by atomic mass is 127. The van der Waals surface area contributed by atoms with Crippen molar-refractivity contribution >= 4 is 41.7 Å². The topological polar surface area (TPSA) is 40.1 Å². The molecular weight excluding hydrogens is 490 g/mol. The average Bonchev–Trinajstić information content (AvgIpc) is 2.73. The standard InChI is InChI=1S/C20H31FN4OS.HI/c1-3-18-15-25(10-13-27-18)20(22-2)23-14-19(24-8-11-26-12-9-24)16-4-6-17(21)7-5-16;/h4-7,18-19H,3,8-15H2,1-2H3,(H,22,23);1H. The molecule has 158 valence electrons. The molecule has 1 aromatic rings. The van der Waals surface area contributed by atoms with Gasteiger partial charge >= 0.3 is 0 Å². The summed E-state index contributed by atoms with van der Waals surface area (Å²) < 4.78 is 18.9. The second-order valence-corrected chi connectivity index (χ2v) is 8.40. The summed E-state index contributed by atoms with van der Waals surface area (Å²) in [7, 11) is 1.85. The van der Waals surface area contributed by atoms with E-state index in [1.54, 1.807) is 12.1 Å². The summed E-state index contributed by atoms with van der Waals surface area (Å²) in [6, 6.07) is 7.05. The van der Waals surface area contributed by atoms with Crippen LogP contribution in [0.15, 0.2) is 29.3 Å². The molecule has 28 heavy (non-hydrogen) atoms. The van der Waals surface area contributed by atoms with Crippen LogP contribution in [0.1, 0.15) is 24.9 Å². The Morgan fingerprint density at radius 3 is 2.64 bits per heavy atom. The first kappa shape index (κ1) is 23.7. The van der Waals surface area contributed by atoms with Crippen LogP contribution >= 0.6 is 35.7 Å². The van der Waals surface area contributed by atoms with Gasteiger partial charge in [-0.25, -0.2) is 4.39 Å². The Morgan fingerprint density at radius 2 is 2.00 bits per heavy atom. The van der Waals surface area contributed by atoms with Gasteiger partial charge in [0.2, 0.25) is 0 Å². The number of thioether (sulfide) groups is 1. The second kappa shape index (κ2) is 12.2. The average molecular weight is 522 g/mol. The van der Waals surface area contributed by atoms with Crippen molar-refractivity contribution in [3.63, 3.8) is 0 Å². The number of hydrogen-bond donors (Lipinski definition) is 1. The van der Waals surface area contributed by atoms with E-state index in [1.807, 2.05) is 19.2 Å². The van der Waals surface area contributed by atoms with E-state index in [9.17, 15) is 4.39 Å². The number of rotatable bonds is 5. The van der Waals surface area contributed by atoms with E-state index in [2.05, 4.69) is 38.8 Å². The van der Waals surface area contributed by atoms with Crippen molar-refractivity contribution in [2.75, 3.05) is 58.7 Å². The molecule has 0 saturated carbocycles. The third-order valence-corrected chi connectivity index (χ3v) is 6.67. The van der Waals surface area contributed by atoms with Crippen molar-refractivity contribution in [3.05, 3.63) is 35.6 Å². The van der Waals surface area contributed by atoms with Crippen LogP contribution in [0.2, 0.25) is 0 Å². The fraction of sp³-hybridized carbons (Fsp3) is 0.650. The molecule has 3 rings (SSSR count). The minimum Gasteiger partial charge on any atom is -0.379 e. The summed E-state index contributed by atoms with van der Waals surface area (Å²) in [6.07, 6.45) is 1.18. The van der Waals surface area contributed by atoms with E-state index >= 15 is 0 Å². The van der Waals surface area contributed by atoms with E-state index in [0.717, 1.165) is 63.2 Å². The minimum atomic E-state index is -0.195. The Labute approximate surface area is 189 Å². The highest BCUT2D eigenvalue weighted by molar-refractivity contribution is 14.0. The number of ether oxygens (including phenoxy) is 1. The Hall–Kier alpha value is -0.580. The van der Waals surface area contributed by atoms with Gasteiger partial charge < -0.3 is 15.0 Å². The number of morpholine rings is 1. The maximum Gasteiger partial charge on any atom is 0.193 e. The van der Waals surface area contributed by atoms with Crippen LogP contribution < -0.4 is 5.32 Å². The molecule has 5 nitrogen and oxygen atoms in total. The van der Waals surface area contributed by atoms with Gasteiger partial charge in [0.25, 0.3) is 0 Å². The molecule has 2 aliphatic heterocycles. The van der Waals surface area contributed by atoms with Crippen LogP contribution in [0.25, 0.3) is 0 Å². The van der Waals surface area contributed by atoms with E-state index in [-0.39, 0.29) is 35.8 Å². The molecule has 2 unspecified atom stereocenters. The molecule has 8 heteroatoms. The quantitative estimate of drug-likeness (QED) is 0.366. The Kier molecular flexibility index (Phi) is 10.3. The molecule has 0 aliphatic carbocycles. The van der Waals surface area contributed by atoms with E-state index in [4.69, 9.17) is 4.74 Å². The van der Waals surface area contributed by atoms with Gasteiger partial charge in [-0.1, -0.05) is 19.1 Å². The zero-order chi connectivity index (χ0) is 19.1. The van der Waals surface area contributed by atoms with Crippen LogP contribution in [-0.4, -0.2) is 79.7 Å². The molecule has 1 N–H and O–H groups in total. The highest BCUT2D eigenvalue weighted by Crippen LogP contribution is 2.23. The molecular formula is C20H32FIN4OS. The molecule has 0 radical (unpaired) electrons. The lowest BCUT2D eigenvalue weighted by molar-refractivity contribution is 0.0169.